The first-order valence-electron chi connectivity index (χ1n) is 7.97. The predicted molar refractivity (Wildman–Crippen MR) is 89.5 cm³/mol. The Hall–Kier alpha value is -0.910. The highest BCUT2D eigenvalue weighted by Gasteiger charge is 2.31. The van der Waals surface area contributed by atoms with Crippen molar-refractivity contribution in [2.24, 2.45) is 0 Å². The van der Waals surface area contributed by atoms with Crippen molar-refractivity contribution in [3.05, 3.63) is 35.9 Å². The highest BCUT2D eigenvalue weighted by molar-refractivity contribution is 7.89. The molecule has 0 amide bonds. The molecule has 124 valence electrons. The van der Waals surface area contributed by atoms with Crippen molar-refractivity contribution in [3.63, 3.8) is 0 Å². The number of methoxy groups -OCH3 is 1. The number of ether oxygens (including phenoxy) is 1. The fraction of sp³-hybridized carbons (Fsp3) is 0.647. The van der Waals surface area contributed by atoms with Gasteiger partial charge in [-0.25, -0.2) is 12.7 Å². The minimum Gasteiger partial charge on any atom is -0.381 e. The summed E-state index contributed by atoms with van der Waals surface area (Å²) < 4.78 is 32.3. The standard InChI is InChI=1S/C17H27NO3S/c1-14(15-7-5-4-6-8-15)13-22(19,20)18(2)16-9-11-17(21-3)12-10-16/h4-8,14,16-17H,9-13H2,1-3H3. The lowest BCUT2D eigenvalue weighted by Crippen LogP contribution is -2.42. The molecule has 0 aromatic heterocycles. The molecule has 1 unspecified atom stereocenters. The molecule has 4 nitrogen and oxygen atoms in total. The lowest BCUT2D eigenvalue weighted by atomic mass is 9.93. The lowest BCUT2D eigenvalue weighted by molar-refractivity contribution is 0.0553. The SMILES string of the molecule is COC1CCC(N(C)S(=O)(=O)CC(C)c2ccccc2)CC1. The number of hydrogen-bond donors (Lipinski definition) is 0. The van der Waals surface area contributed by atoms with Crippen LogP contribution in [0, 0.1) is 0 Å². The smallest absolute Gasteiger partial charge is 0.214 e. The van der Waals surface area contributed by atoms with Crippen LogP contribution in [0.3, 0.4) is 0 Å². The Morgan fingerprint density at radius 3 is 2.32 bits per heavy atom. The van der Waals surface area contributed by atoms with E-state index in [4.69, 9.17) is 4.74 Å². The van der Waals surface area contributed by atoms with Gasteiger partial charge in [-0.05, 0) is 37.2 Å². The maximum Gasteiger partial charge on any atom is 0.214 e. The molecule has 1 aliphatic rings. The van der Waals surface area contributed by atoms with Crippen LogP contribution >= 0.6 is 0 Å². The molecule has 22 heavy (non-hydrogen) atoms. The summed E-state index contributed by atoms with van der Waals surface area (Å²) >= 11 is 0. The van der Waals surface area contributed by atoms with Crippen LogP contribution in [0.1, 0.15) is 44.1 Å². The van der Waals surface area contributed by atoms with E-state index in [1.807, 2.05) is 37.3 Å². The van der Waals surface area contributed by atoms with Crippen molar-refractivity contribution in [1.29, 1.82) is 0 Å². The Balaban J connectivity index is 1.98. The van der Waals surface area contributed by atoms with Gasteiger partial charge in [0.05, 0.1) is 11.9 Å². The first kappa shape index (κ1) is 17.4. The van der Waals surface area contributed by atoms with Crippen LogP contribution in [0.15, 0.2) is 30.3 Å². The molecule has 0 N–H and O–H groups in total. The van der Waals surface area contributed by atoms with E-state index in [-0.39, 0.29) is 23.8 Å². The van der Waals surface area contributed by atoms with E-state index in [0.29, 0.717) is 0 Å². The molecule has 1 atom stereocenters. The van der Waals surface area contributed by atoms with Crippen LogP contribution in [0.5, 0.6) is 0 Å². The molecule has 1 saturated carbocycles. The van der Waals surface area contributed by atoms with E-state index < -0.39 is 10.0 Å². The Bertz CT molecular complexity index is 551. The quantitative estimate of drug-likeness (QED) is 0.808. The van der Waals surface area contributed by atoms with Crippen LogP contribution in [0.2, 0.25) is 0 Å². The number of nitrogens with zero attached hydrogens (tertiary/aromatic N) is 1. The summed E-state index contributed by atoms with van der Waals surface area (Å²) in [5.74, 6) is 0.168. The van der Waals surface area contributed by atoms with Crippen molar-refractivity contribution < 1.29 is 13.2 Å². The van der Waals surface area contributed by atoms with Gasteiger partial charge in [0, 0.05) is 20.2 Å². The van der Waals surface area contributed by atoms with Crippen molar-refractivity contribution in [2.75, 3.05) is 19.9 Å². The average molecular weight is 325 g/mol. The Morgan fingerprint density at radius 1 is 1.18 bits per heavy atom. The van der Waals surface area contributed by atoms with Gasteiger partial charge >= 0.3 is 0 Å². The zero-order chi connectivity index (χ0) is 16.2. The third-order valence-electron chi connectivity index (χ3n) is 4.76. The van der Waals surface area contributed by atoms with Crippen LogP contribution in [-0.4, -0.2) is 44.8 Å². The lowest BCUT2D eigenvalue weighted by Gasteiger charge is -2.34. The third-order valence-corrected chi connectivity index (χ3v) is 6.86. The molecule has 5 heteroatoms. The number of sulfonamides is 1. The van der Waals surface area contributed by atoms with Gasteiger partial charge in [0.2, 0.25) is 10.0 Å². The topological polar surface area (TPSA) is 46.6 Å². The van der Waals surface area contributed by atoms with Gasteiger partial charge in [-0.15, -0.1) is 0 Å². The van der Waals surface area contributed by atoms with Crippen LogP contribution in [0.25, 0.3) is 0 Å². The van der Waals surface area contributed by atoms with Crippen molar-refractivity contribution in [2.45, 2.75) is 50.7 Å². The molecule has 0 bridgehead atoms. The fourth-order valence-electron chi connectivity index (χ4n) is 3.18. The maximum atomic E-state index is 12.7. The maximum absolute atomic E-state index is 12.7. The summed E-state index contributed by atoms with van der Waals surface area (Å²) in [4.78, 5) is 0. The normalized spacial score (nSPS) is 24.4. The van der Waals surface area contributed by atoms with Crippen LogP contribution < -0.4 is 0 Å². The highest BCUT2D eigenvalue weighted by Crippen LogP contribution is 2.27. The second kappa shape index (κ2) is 7.57. The van der Waals surface area contributed by atoms with Crippen LogP contribution in [-0.2, 0) is 14.8 Å². The number of benzene rings is 1. The van der Waals surface area contributed by atoms with Crippen LogP contribution in [0.4, 0.5) is 0 Å². The zero-order valence-corrected chi connectivity index (χ0v) is 14.6. The molecule has 2 rings (SSSR count). The van der Waals surface area contributed by atoms with Gasteiger partial charge in [-0.1, -0.05) is 37.3 Å². The van der Waals surface area contributed by atoms with E-state index >= 15 is 0 Å². The zero-order valence-electron chi connectivity index (χ0n) is 13.7. The summed E-state index contributed by atoms with van der Waals surface area (Å²) in [5.41, 5.74) is 1.07. The highest BCUT2D eigenvalue weighted by atomic mass is 32.2. The second-order valence-corrected chi connectivity index (χ2v) is 8.35. The Labute approximate surface area is 134 Å². The van der Waals surface area contributed by atoms with Crippen molar-refractivity contribution >= 4 is 10.0 Å². The molecule has 0 radical (unpaired) electrons. The fourth-order valence-corrected chi connectivity index (χ4v) is 4.91. The van der Waals surface area contributed by atoms with Gasteiger partial charge in [-0.2, -0.15) is 0 Å². The summed E-state index contributed by atoms with van der Waals surface area (Å²) in [7, 11) is 0.217. The average Bonchev–Trinajstić information content (AvgIpc) is 2.54. The molecular weight excluding hydrogens is 298 g/mol. The molecule has 1 aromatic rings. The van der Waals surface area contributed by atoms with Gasteiger partial charge in [0.25, 0.3) is 0 Å². The van der Waals surface area contributed by atoms with Crippen molar-refractivity contribution in [1.82, 2.24) is 4.31 Å². The van der Waals surface area contributed by atoms with E-state index in [1.54, 1.807) is 18.5 Å². The van der Waals surface area contributed by atoms with Gasteiger partial charge in [-0.3, -0.25) is 0 Å². The van der Waals surface area contributed by atoms with E-state index in [9.17, 15) is 8.42 Å². The second-order valence-electron chi connectivity index (χ2n) is 6.27. The van der Waals surface area contributed by atoms with Gasteiger partial charge < -0.3 is 4.74 Å². The van der Waals surface area contributed by atoms with Crippen molar-refractivity contribution in [3.8, 4) is 0 Å². The molecule has 1 fully saturated rings. The summed E-state index contributed by atoms with van der Waals surface area (Å²) in [6.07, 6.45) is 3.93. The van der Waals surface area contributed by atoms with E-state index in [0.717, 1.165) is 31.2 Å². The summed E-state index contributed by atoms with van der Waals surface area (Å²) in [6, 6.07) is 9.95. The molecule has 0 aliphatic heterocycles. The molecule has 0 spiro atoms. The summed E-state index contributed by atoms with van der Waals surface area (Å²) in [6.45, 7) is 1.97. The first-order chi connectivity index (χ1) is 10.4. The minimum atomic E-state index is -3.24. The van der Waals surface area contributed by atoms with E-state index in [1.165, 1.54) is 0 Å². The largest absolute Gasteiger partial charge is 0.381 e. The number of hydrogen-bond acceptors (Lipinski definition) is 3. The minimum absolute atomic E-state index is 0.00367. The Morgan fingerprint density at radius 2 is 1.77 bits per heavy atom. The van der Waals surface area contributed by atoms with Gasteiger partial charge in [0.1, 0.15) is 0 Å². The number of rotatable bonds is 6. The van der Waals surface area contributed by atoms with Gasteiger partial charge in [0.15, 0.2) is 0 Å². The third kappa shape index (κ3) is 4.31. The first-order valence-corrected chi connectivity index (χ1v) is 9.58. The molecule has 0 saturated heterocycles. The predicted octanol–water partition coefficient (Wildman–Crippen LogP) is 3.01. The van der Waals surface area contributed by atoms with E-state index in [2.05, 4.69) is 0 Å². The monoisotopic (exact) mass is 325 g/mol. The molecular formula is C17H27NO3S. The molecule has 1 aliphatic carbocycles. The molecule has 0 heterocycles. The summed E-state index contributed by atoms with van der Waals surface area (Å²) in [5, 5.41) is 0. The Kier molecular flexibility index (Phi) is 6.01. The molecule has 1 aromatic carbocycles.